The number of fused-ring (bicyclic) bond motifs is 2. The van der Waals surface area contributed by atoms with E-state index in [0.29, 0.717) is 11.4 Å². The van der Waals surface area contributed by atoms with Crippen molar-refractivity contribution >= 4 is 22.1 Å². The Hall–Kier alpha value is -6.81. The number of phenolic OH excluding ortho intramolecular Hbond substituents is 1. The van der Waals surface area contributed by atoms with Gasteiger partial charge in [-0.15, -0.1) is 29.3 Å². The molecule has 0 bridgehead atoms. The molecule has 0 unspecified atom stereocenters. The molecule has 5 nitrogen and oxygen atoms in total. The van der Waals surface area contributed by atoms with Crippen molar-refractivity contribution in [3.05, 3.63) is 199 Å². The SMILES string of the molecule is CC(C)(C)c1cc(-c2cccc3c2nc(-c2cc(C(C)(C)C)cc(C(C)(C)C)c2O)n3-c2ccccc2-c2ccccc2)[c-]c(-c2nc3ccccc3n2-c2ccc(-c3ccccc3)cc2)c1.[Pt]. The van der Waals surface area contributed by atoms with Gasteiger partial charge in [0.05, 0.1) is 39.1 Å². The molecule has 0 aliphatic rings. The number of hydrogen-bond acceptors (Lipinski definition) is 3. The number of rotatable bonds is 7. The van der Waals surface area contributed by atoms with Gasteiger partial charge in [0.15, 0.2) is 0 Å². The number of aromatic hydroxyl groups is 1. The molecular formula is C62H57N4OPt-. The number of para-hydroxylation sites is 4. The van der Waals surface area contributed by atoms with Crippen LogP contribution >= 0.6 is 0 Å². The molecule has 8 aromatic carbocycles. The van der Waals surface area contributed by atoms with Crippen LogP contribution in [-0.4, -0.2) is 24.2 Å². The maximum atomic E-state index is 12.5. The Morgan fingerprint density at radius 1 is 0.441 bits per heavy atom. The van der Waals surface area contributed by atoms with Crippen LogP contribution in [0.3, 0.4) is 0 Å². The third-order valence-corrected chi connectivity index (χ3v) is 13.0. The minimum absolute atomic E-state index is 0. The van der Waals surface area contributed by atoms with Crippen LogP contribution in [0, 0.1) is 6.07 Å². The van der Waals surface area contributed by atoms with Crippen molar-refractivity contribution in [3.63, 3.8) is 0 Å². The van der Waals surface area contributed by atoms with Gasteiger partial charge in [0, 0.05) is 37.9 Å². The van der Waals surface area contributed by atoms with Crippen molar-refractivity contribution in [3.8, 4) is 73.3 Å². The summed E-state index contributed by atoms with van der Waals surface area (Å²) in [7, 11) is 0. The fourth-order valence-electron chi connectivity index (χ4n) is 9.25. The molecule has 0 aliphatic heterocycles. The molecule has 68 heavy (non-hydrogen) atoms. The quantitative estimate of drug-likeness (QED) is 0.162. The number of aromatic nitrogens is 4. The van der Waals surface area contributed by atoms with Gasteiger partial charge >= 0.3 is 0 Å². The Morgan fingerprint density at radius 2 is 1.00 bits per heavy atom. The largest absolute Gasteiger partial charge is 0.507 e. The predicted octanol–water partition coefficient (Wildman–Crippen LogP) is 16.1. The van der Waals surface area contributed by atoms with E-state index in [1.807, 2.05) is 18.2 Å². The first-order valence-corrected chi connectivity index (χ1v) is 23.3. The van der Waals surface area contributed by atoms with Gasteiger partial charge in [-0.05, 0) is 81.0 Å². The maximum Gasteiger partial charge on any atom is 0.148 e. The van der Waals surface area contributed by atoms with E-state index in [-0.39, 0.29) is 43.1 Å². The Kier molecular flexibility index (Phi) is 12.0. The summed E-state index contributed by atoms with van der Waals surface area (Å²) in [4.78, 5) is 11.0. The first kappa shape index (κ1) is 46.3. The summed E-state index contributed by atoms with van der Waals surface area (Å²) >= 11 is 0. The summed E-state index contributed by atoms with van der Waals surface area (Å²) in [6.07, 6.45) is 0. The first-order chi connectivity index (χ1) is 32.0. The summed E-state index contributed by atoms with van der Waals surface area (Å²) in [5, 5.41) is 12.5. The van der Waals surface area contributed by atoms with E-state index in [2.05, 4.69) is 235 Å². The zero-order chi connectivity index (χ0) is 46.8. The van der Waals surface area contributed by atoms with Crippen molar-refractivity contribution in [2.45, 2.75) is 78.6 Å². The molecule has 0 radical (unpaired) electrons. The van der Waals surface area contributed by atoms with Crippen molar-refractivity contribution in [1.29, 1.82) is 0 Å². The smallest absolute Gasteiger partial charge is 0.148 e. The predicted molar refractivity (Wildman–Crippen MR) is 279 cm³/mol. The molecule has 10 aromatic rings. The minimum atomic E-state index is -0.330. The molecule has 2 heterocycles. The van der Waals surface area contributed by atoms with E-state index < -0.39 is 0 Å². The Bertz CT molecular complexity index is 3450. The van der Waals surface area contributed by atoms with Crippen LogP contribution in [0.4, 0.5) is 0 Å². The zero-order valence-corrected chi connectivity index (χ0v) is 42.6. The molecule has 1 N–H and O–H groups in total. The molecule has 0 spiro atoms. The molecular weight excluding hydrogens is 1010 g/mol. The zero-order valence-electron chi connectivity index (χ0n) is 40.3. The van der Waals surface area contributed by atoms with Crippen molar-refractivity contribution in [2.24, 2.45) is 0 Å². The second-order valence-electron chi connectivity index (χ2n) is 20.9. The summed E-state index contributed by atoms with van der Waals surface area (Å²) in [6, 6.07) is 65.8. The average Bonchev–Trinajstić information content (AvgIpc) is 3.91. The van der Waals surface area contributed by atoms with Gasteiger partial charge in [-0.2, -0.15) is 0 Å². The van der Waals surface area contributed by atoms with Gasteiger partial charge < -0.3 is 9.67 Å². The molecule has 0 amide bonds. The fourth-order valence-corrected chi connectivity index (χ4v) is 9.25. The van der Waals surface area contributed by atoms with Crippen LogP contribution in [0.1, 0.15) is 79.0 Å². The van der Waals surface area contributed by atoms with E-state index in [0.717, 1.165) is 89.3 Å². The van der Waals surface area contributed by atoms with E-state index in [1.54, 1.807) is 0 Å². The normalized spacial score (nSPS) is 12.1. The number of imidazole rings is 2. The van der Waals surface area contributed by atoms with Crippen molar-refractivity contribution in [1.82, 2.24) is 19.1 Å². The van der Waals surface area contributed by atoms with Crippen LogP contribution in [0.25, 0.3) is 89.6 Å². The van der Waals surface area contributed by atoms with Crippen molar-refractivity contribution < 1.29 is 26.2 Å². The van der Waals surface area contributed by atoms with E-state index >= 15 is 0 Å². The van der Waals surface area contributed by atoms with E-state index in [9.17, 15) is 5.11 Å². The second kappa shape index (κ2) is 17.7. The van der Waals surface area contributed by atoms with Gasteiger partial charge in [0.2, 0.25) is 0 Å². The Morgan fingerprint density at radius 3 is 1.68 bits per heavy atom. The molecule has 10 rings (SSSR count). The molecule has 342 valence electrons. The van der Waals surface area contributed by atoms with E-state index in [1.165, 1.54) is 5.56 Å². The summed E-state index contributed by atoms with van der Waals surface area (Å²) in [6.45, 7) is 19.9. The number of nitrogens with zero attached hydrogens (tertiary/aromatic N) is 4. The number of phenols is 1. The average molecular weight is 1070 g/mol. The Labute approximate surface area is 415 Å². The molecule has 0 fully saturated rings. The Balaban J connectivity index is 0.00000578. The second-order valence-corrected chi connectivity index (χ2v) is 20.9. The van der Waals surface area contributed by atoms with Gasteiger partial charge in [-0.25, -0.2) is 4.98 Å². The standard InChI is InChI=1S/C62H57N4O.Pt/c1-60(2,3)45-36-43(35-44(37-45)58-63-52-27-17-19-29-54(52)65(58)47-33-31-41(32-34-47)40-21-12-10-13-22-40)49-26-20-30-55-56(49)64-59(50-38-46(61(4,5)6)39-51(57(50)67)62(7,8)9)66(55)53-28-18-16-25-48(53)42-23-14-11-15-24-42;/h10-34,36-39,67H,1-9H3;/q-1;. The molecule has 0 saturated carbocycles. The van der Waals surface area contributed by atoms with Crippen molar-refractivity contribution in [2.75, 3.05) is 0 Å². The maximum absolute atomic E-state index is 12.5. The van der Waals surface area contributed by atoms with Gasteiger partial charge in [-0.3, -0.25) is 9.55 Å². The number of hydrogen-bond donors (Lipinski definition) is 1. The summed E-state index contributed by atoms with van der Waals surface area (Å²) < 4.78 is 4.51. The van der Waals surface area contributed by atoms with Crippen LogP contribution in [-0.2, 0) is 37.3 Å². The molecule has 0 aliphatic carbocycles. The van der Waals surface area contributed by atoms with Crippen LogP contribution in [0.5, 0.6) is 5.75 Å². The van der Waals surface area contributed by atoms with Crippen LogP contribution in [0.15, 0.2) is 176 Å². The number of benzene rings is 8. The van der Waals surface area contributed by atoms with Gasteiger partial charge in [0.25, 0.3) is 0 Å². The fraction of sp³-hybridized carbons (Fsp3) is 0.194. The third kappa shape index (κ3) is 8.54. The third-order valence-electron chi connectivity index (χ3n) is 13.0. The molecule has 2 aromatic heterocycles. The molecule has 6 heteroatoms. The van der Waals surface area contributed by atoms with Crippen LogP contribution in [0.2, 0.25) is 0 Å². The first-order valence-electron chi connectivity index (χ1n) is 23.3. The molecule has 0 atom stereocenters. The van der Waals surface area contributed by atoms with Gasteiger partial charge in [0.1, 0.15) is 11.6 Å². The minimum Gasteiger partial charge on any atom is -0.507 e. The monoisotopic (exact) mass is 1070 g/mol. The topological polar surface area (TPSA) is 55.9 Å². The van der Waals surface area contributed by atoms with Gasteiger partial charge in [-0.1, -0.05) is 195 Å². The van der Waals surface area contributed by atoms with E-state index in [4.69, 9.17) is 9.97 Å². The molecule has 0 saturated heterocycles. The summed E-state index contributed by atoms with van der Waals surface area (Å²) in [5.74, 6) is 1.73. The summed E-state index contributed by atoms with van der Waals surface area (Å²) in [5.41, 5.74) is 16.1. The van der Waals surface area contributed by atoms with Crippen LogP contribution < -0.4 is 0 Å².